The first-order chi connectivity index (χ1) is 12.9. The Morgan fingerprint density at radius 3 is 2.63 bits per heavy atom. The second kappa shape index (κ2) is 9.32. The Morgan fingerprint density at radius 1 is 1.30 bits per heavy atom. The van der Waals surface area contributed by atoms with Gasteiger partial charge in [0.1, 0.15) is 0 Å². The smallest absolute Gasteiger partial charge is 0.322 e. The van der Waals surface area contributed by atoms with Crippen LogP contribution in [0.25, 0.3) is 0 Å². The van der Waals surface area contributed by atoms with Crippen LogP contribution >= 0.6 is 0 Å². The zero-order chi connectivity index (χ0) is 20.0. The fourth-order valence-electron chi connectivity index (χ4n) is 2.93. The summed E-state index contributed by atoms with van der Waals surface area (Å²) < 4.78 is 7.10. The number of carbonyl (C=O) groups excluding carboxylic acids is 2. The van der Waals surface area contributed by atoms with Gasteiger partial charge in [-0.1, -0.05) is 12.1 Å². The van der Waals surface area contributed by atoms with Crippen molar-refractivity contribution in [3.8, 4) is 0 Å². The van der Waals surface area contributed by atoms with Crippen molar-refractivity contribution >= 4 is 17.5 Å². The number of urea groups is 1. The molecule has 1 aromatic carbocycles. The topological polar surface area (TPSA) is 76.5 Å². The highest BCUT2D eigenvalue weighted by Crippen LogP contribution is 2.17. The van der Waals surface area contributed by atoms with Crippen LogP contribution in [0, 0.1) is 13.8 Å². The minimum Gasteiger partial charge on any atom is -0.383 e. The van der Waals surface area contributed by atoms with Crippen LogP contribution in [0.2, 0.25) is 0 Å². The molecule has 0 spiro atoms. The second-order valence-electron chi connectivity index (χ2n) is 6.45. The highest BCUT2D eigenvalue weighted by Gasteiger charge is 2.19. The van der Waals surface area contributed by atoms with Gasteiger partial charge < -0.3 is 15.0 Å². The summed E-state index contributed by atoms with van der Waals surface area (Å²) in [6.07, 6.45) is 0. The SMILES string of the molecule is CCn1nc(C)c(CN(CCOC)C(=O)Nc2cccc(C(C)=O)c2)c1C. The second-order valence-corrected chi connectivity index (χ2v) is 6.45. The fourth-order valence-corrected chi connectivity index (χ4v) is 2.93. The van der Waals surface area contributed by atoms with E-state index in [2.05, 4.69) is 10.4 Å². The Balaban J connectivity index is 2.20. The molecule has 1 aromatic heterocycles. The van der Waals surface area contributed by atoms with Crippen LogP contribution in [0.15, 0.2) is 24.3 Å². The minimum absolute atomic E-state index is 0.0411. The molecule has 27 heavy (non-hydrogen) atoms. The molecule has 2 rings (SSSR count). The van der Waals surface area contributed by atoms with Gasteiger partial charge in [0.15, 0.2) is 5.78 Å². The van der Waals surface area contributed by atoms with Gasteiger partial charge in [0.05, 0.1) is 18.8 Å². The predicted octanol–water partition coefficient (Wildman–Crippen LogP) is 3.40. The van der Waals surface area contributed by atoms with Crippen molar-refractivity contribution in [1.29, 1.82) is 0 Å². The Morgan fingerprint density at radius 2 is 2.04 bits per heavy atom. The number of ether oxygens (including phenoxy) is 1. The molecule has 0 bridgehead atoms. The zero-order valence-corrected chi connectivity index (χ0v) is 16.7. The van der Waals surface area contributed by atoms with Crippen LogP contribution in [-0.2, 0) is 17.8 Å². The van der Waals surface area contributed by atoms with Gasteiger partial charge in [0, 0.05) is 42.7 Å². The molecule has 1 heterocycles. The van der Waals surface area contributed by atoms with Crippen molar-refractivity contribution in [2.75, 3.05) is 25.6 Å². The van der Waals surface area contributed by atoms with Gasteiger partial charge in [-0.05, 0) is 39.8 Å². The molecule has 0 fully saturated rings. The average molecular weight is 372 g/mol. The van der Waals surface area contributed by atoms with Crippen molar-refractivity contribution in [3.05, 3.63) is 46.8 Å². The van der Waals surface area contributed by atoms with Crippen LogP contribution in [0.3, 0.4) is 0 Å². The standard InChI is InChI=1S/C20H28N4O3/c1-6-24-15(3)19(14(2)22-24)13-23(10-11-27-5)20(26)21-18-9-7-8-17(12-18)16(4)25/h7-9,12H,6,10-11,13H2,1-5H3,(H,21,26). The molecule has 2 amide bonds. The third-order valence-corrected chi connectivity index (χ3v) is 4.55. The number of Topliss-reactive ketones (excluding diaryl/α,β-unsaturated/α-hetero) is 1. The van der Waals surface area contributed by atoms with Crippen molar-refractivity contribution in [1.82, 2.24) is 14.7 Å². The van der Waals surface area contributed by atoms with Gasteiger partial charge in [0.2, 0.25) is 0 Å². The van der Waals surface area contributed by atoms with Gasteiger partial charge in [0.25, 0.3) is 0 Å². The monoisotopic (exact) mass is 372 g/mol. The number of benzene rings is 1. The minimum atomic E-state index is -0.240. The van der Waals surface area contributed by atoms with E-state index in [1.165, 1.54) is 6.92 Å². The highest BCUT2D eigenvalue weighted by atomic mass is 16.5. The number of hydrogen-bond acceptors (Lipinski definition) is 4. The summed E-state index contributed by atoms with van der Waals surface area (Å²) in [5, 5.41) is 7.40. The Hall–Kier alpha value is -2.67. The quantitative estimate of drug-likeness (QED) is 0.721. The molecule has 0 saturated heterocycles. The molecule has 146 valence electrons. The van der Waals surface area contributed by atoms with Crippen LogP contribution < -0.4 is 5.32 Å². The summed E-state index contributed by atoms with van der Waals surface area (Å²) in [4.78, 5) is 26.1. The van der Waals surface area contributed by atoms with Crippen molar-refractivity contribution in [2.24, 2.45) is 0 Å². The van der Waals surface area contributed by atoms with E-state index in [0.717, 1.165) is 23.5 Å². The maximum atomic E-state index is 12.9. The normalized spacial score (nSPS) is 10.7. The number of methoxy groups -OCH3 is 1. The molecular weight excluding hydrogens is 344 g/mol. The Labute approximate surface area is 160 Å². The summed E-state index contributed by atoms with van der Waals surface area (Å²) in [7, 11) is 1.61. The summed E-state index contributed by atoms with van der Waals surface area (Å²) in [5.41, 5.74) is 4.17. The lowest BCUT2D eigenvalue weighted by atomic mass is 10.1. The Bertz CT molecular complexity index is 814. The van der Waals surface area contributed by atoms with Gasteiger partial charge in [-0.15, -0.1) is 0 Å². The van der Waals surface area contributed by atoms with Gasteiger partial charge >= 0.3 is 6.03 Å². The molecule has 0 aliphatic rings. The number of hydrogen-bond donors (Lipinski definition) is 1. The van der Waals surface area contributed by atoms with Crippen LogP contribution in [0.4, 0.5) is 10.5 Å². The van der Waals surface area contributed by atoms with E-state index < -0.39 is 0 Å². The number of aryl methyl sites for hydroxylation is 2. The number of aromatic nitrogens is 2. The lowest BCUT2D eigenvalue weighted by Crippen LogP contribution is -2.37. The number of rotatable bonds is 8. The third-order valence-electron chi connectivity index (χ3n) is 4.55. The third kappa shape index (κ3) is 5.17. The van der Waals surface area contributed by atoms with Crippen molar-refractivity contribution in [3.63, 3.8) is 0 Å². The number of nitrogens with one attached hydrogen (secondary N) is 1. The first kappa shape index (κ1) is 20.6. The van der Waals surface area contributed by atoms with Gasteiger partial charge in [-0.2, -0.15) is 5.10 Å². The summed E-state index contributed by atoms with van der Waals surface area (Å²) in [6, 6.07) is 6.69. The number of ketones is 1. The summed E-state index contributed by atoms with van der Waals surface area (Å²) in [6.45, 7) is 9.63. The number of amides is 2. The largest absolute Gasteiger partial charge is 0.383 e. The number of nitrogens with zero attached hydrogens (tertiary/aromatic N) is 3. The zero-order valence-electron chi connectivity index (χ0n) is 16.7. The molecule has 0 aliphatic heterocycles. The molecule has 0 radical (unpaired) electrons. The first-order valence-electron chi connectivity index (χ1n) is 9.06. The first-order valence-corrected chi connectivity index (χ1v) is 9.06. The van der Waals surface area contributed by atoms with E-state index in [1.54, 1.807) is 36.3 Å². The molecule has 2 aromatic rings. The van der Waals surface area contributed by atoms with E-state index in [4.69, 9.17) is 4.74 Å². The molecular formula is C20H28N4O3. The average Bonchev–Trinajstić information content (AvgIpc) is 2.92. The molecule has 0 aliphatic carbocycles. The molecule has 7 heteroatoms. The van der Waals surface area contributed by atoms with Crippen LogP contribution in [-0.4, -0.2) is 46.8 Å². The Kier molecular flexibility index (Phi) is 7.12. The van der Waals surface area contributed by atoms with E-state index in [-0.39, 0.29) is 11.8 Å². The van der Waals surface area contributed by atoms with E-state index in [0.29, 0.717) is 30.9 Å². The number of carbonyl (C=O) groups is 2. The fraction of sp³-hybridized carbons (Fsp3) is 0.450. The van der Waals surface area contributed by atoms with Gasteiger partial charge in [-0.25, -0.2) is 4.79 Å². The summed E-state index contributed by atoms with van der Waals surface area (Å²) in [5.74, 6) is -0.0411. The van der Waals surface area contributed by atoms with E-state index in [1.807, 2.05) is 25.5 Å². The van der Waals surface area contributed by atoms with Crippen molar-refractivity contribution in [2.45, 2.75) is 40.8 Å². The van der Waals surface area contributed by atoms with Crippen LogP contribution in [0.5, 0.6) is 0 Å². The van der Waals surface area contributed by atoms with Crippen LogP contribution in [0.1, 0.15) is 41.2 Å². The lowest BCUT2D eigenvalue weighted by Gasteiger charge is -2.23. The highest BCUT2D eigenvalue weighted by molar-refractivity contribution is 5.96. The maximum Gasteiger partial charge on any atom is 0.322 e. The molecule has 0 atom stereocenters. The van der Waals surface area contributed by atoms with Crippen molar-refractivity contribution < 1.29 is 14.3 Å². The van der Waals surface area contributed by atoms with E-state index >= 15 is 0 Å². The van der Waals surface area contributed by atoms with Gasteiger partial charge in [-0.3, -0.25) is 9.48 Å². The summed E-state index contributed by atoms with van der Waals surface area (Å²) >= 11 is 0. The predicted molar refractivity (Wildman–Crippen MR) is 105 cm³/mol. The molecule has 0 saturated carbocycles. The lowest BCUT2D eigenvalue weighted by molar-refractivity contribution is 0.101. The molecule has 0 unspecified atom stereocenters. The molecule has 1 N–H and O–H groups in total. The molecule has 7 nitrogen and oxygen atoms in total. The maximum absolute atomic E-state index is 12.9. The van der Waals surface area contributed by atoms with E-state index in [9.17, 15) is 9.59 Å². The number of anilines is 1.